The zero-order chi connectivity index (χ0) is 16.8. The lowest BCUT2D eigenvalue weighted by Gasteiger charge is -2.08. The Labute approximate surface area is 141 Å². The van der Waals surface area contributed by atoms with E-state index in [0.29, 0.717) is 12.6 Å². The van der Waals surface area contributed by atoms with Gasteiger partial charge in [0.1, 0.15) is 5.82 Å². The Morgan fingerprint density at radius 1 is 1.29 bits per heavy atom. The molecule has 2 aromatic heterocycles. The number of benzene rings is 1. The zero-order valence-corrected chi connectivity index (χ0v) is 14.3. The van der Waals surface area contributed by atoms with Gasteiger partial charge in [0.25, 0.3) is 5.91 Å². The van der Waals surface area contributed by atoms with Crippen molar-refractivity contribution in [3.8, 4) is 0 Å². The second kappa shape index (κ2) is 5.51. The van der Waals surface area contributed by atoms with Crippen LogP contribution in [0.2, 0.25) is 0 Å². The van der Waals surface area contributed by atoms with Gasteiger partial charge < -0.3 is 14.5 Å². The molecule has 5 nitrogen and oxygen atoms in total. The van der Waals surface area contributed by atoms with Crippen LogP contribution >= 0.6 is 0 Å². The molecule has 24 heavy (non-hydrogen) atoms. The quantitative estimate of drug-likeness (QED) is 0.801. The number of hydrogen-bond donors (Lipinski definition) is 1. The van der Waals surface area contributed by atoms with Gasteiger partial charge in [-0.2, -0.15) is 0 Å². The molecule has 1 aromatic carbocycles. The number of carbonyl (C=O) groups is 1. The van der Waals surface area contributed by atoms with Crippen molar-refractivity contribution in [3.05, 3.63) is 53.1 Å². The molecule has 3 aromatic rings. The fraction of sp³-hybridized carbons (Fsp3) is 0.368. The predicted molar refractivity (Wildman–Crippen MR) is 94.1 cm³/mol. The van der Waals surface area contributed by atoms with Crippen molar-refractivity contribution in [1.82, 2.24) is 19.4 Å². The van der Waals surface area contributed by atoms with Crippen LogP contribution < -0.4 is 5.32 Å². The van der Waals surface area contributed by atoms with Crippen LogP contribution in [0.4, 0.5) is 0 Å². The maximum atomic E-state index is 12.6. The van der Waals surface area contributed by atoms with Crippen LogP contribution in [0.3, 0.4) is 0 Å². The third kappa shape index (κ3) is 2.40. The summed E-state index contributed by atoms with van der Waals surface area (Å²) in [5.41, 5.74) is 5.04. The molecule has 1 amide bonds. The molecule has 0 atom stereocenters. The van der Waals surface area contributed by atoms with Crippen molar-refractivity contribution >= 4 is 16.9 Å². The fourth-order valence-corrected chi connectivity index (χ4v) is 3.51. The molecule has 1 fully saturated rings. The number of hydrogen-bond acceptors (Lipinski definition) is 2. The van der Waals surface area contributed by atoms with E-state index >= 15 is 0 Å². The van der Waals surface area contributed by atoms with Gasteiger partial charge in [-0.05, 0) is 44.9 Å². The normalized spacial score (nSPS) is 14.3. The highest BCUT2D eigenvalue weighted by molar-refractivity contribution is 5.95. The fourth-order valence-electron chi connectivity index (χ4n) is 3.51. The third-order valence-electron chi connectivity index (χ3n) is 4.93. The average Bonchev–Trinajstić information content (AvgIpc) is 3.29. The largest absolute Gasteiger partial charge is 0.345 e. The molecule has 2 heterocycles. The van der Waals surface area contributed by atoms with E-state index in [-0.39, 0.29) is 5.91 Å². The number of imidazole rings is 1. The zero-order valence-electron chi connectivity index (χ0n) is 14.3. The van der Waals surface area contributed by atoms with Gasteiger partial charge in [0, 0.05) is 24.5 Å². The number of aryl methyl sites for hydroxylation is 2. The van der Waals surface area contributed by atoms with Gasteiger partial charge in [-0.25, -0.2) is 4.98 Å². The van der Waals surface area contributed by atoms with Crippen molar-refractivity contribution in [1.29, 1.82) is 0 Å². The standard InChI is InChI=1S/C19H22N4O/c1-12-10-15(13(2)23(12)14-8-9-14)19(24)20-11-18-21-16-6-4-5-7-17(16)22(18)3/h4-7,10,14H,8-9,11H2,1-3H3,(H,20,24). The van der Waals surface area contributed by atoms with Crippen molar-refractivity contribution in [2.45, 2.75) is 39.3 Å². The molecule has 1 aliphatic carbocycles. The number of para-hydroxylation sites is 2. The summed E-state index contributed by atoms with van der Waals surface area (Å²) in [6.07, 6.45) is 2.44. The predicted octanol–water partition coefficient (Wildman–Crippen LogP) is 3.26. The minimum Gasteiger partial charge on any atom is -0.345 e. The summed E-state index contributed by atoms with van der Waals surface area (Å²) < 4.78 is 4.33. The highest BCUT2D eigenvalue weighted by Crippen LogP contribution is 2.38. The lowest BCUT2D eigenvalue weighted by atomic mass is 10.2. The van der Waals surface area contributed by atoms with Gasteiger partial charge >= 0.3 is 0 Å². The Kier molecular flexibility index (Phi) is 3.44. The van der Waals surface area contributed by atoms with Crippen molar-refractivity contribution in [2.24, 2.45) is 7.05 Å². The summed E-state index contributed by atoms with van der Waals surface area (Å²) in [7, 11) is 1.98. The van der Waals surface area contributed by atoms with Gasteiger partial charge in [0.05, 0.1) is 23.1 Å². The van der Waals surface area contributed by atoms with E-state index in [4.69, 9.17) is 0 Å². The molecule has 1 aliphatic rings. The molecule has 0 saturated heterocycles. The van der Waals surface area contributed by atoms with E-state index in [1.165, 1.54) is 18.5 Å². The summed E-state index contributed by atoms with van der Waals surface area (Å²) in [6, 6.07) is 10.6. The molecule has 1 N–H and O–H groups in total. The molecule has 0 radical (unpaired) electrons. The van der Waals surface area contributed by atoms with Crippen molar-refractivity contribution in [3.63, 3.8) is 0 Å². The summed E-state index contributed by atoms with van der Waals surface area (Å²) in [5.74, 6) is 0.836. The molecule has 0 spiro atoms. The number of nitrogens with one attached hydrogen (secondary N) is 1. The first-order valence-corrected chi connectivity index (χ1v) is 8.43. The van der Waals surface area contributed by atoms with Crippen molar-refractivity contribution in [2.75, 3.05) is 0 Å². The van der Waals surface area contributed by atoms with E-state index in [2.05, 4.69) is 21.8 Å². The minimum atomic E-state index is -0.0259. The van der Waals surface area contributed by atoms with Crippen LogP contribution in [0.5, 0.6) is 0 Å². The molecule has 1 saturated carbocycles. The number of amides is 1. The Hall–Kier alpha value is -2.56. The molecule has 124 valence electrons. The summed E-state index contributed by atoms with van der Waals surface area (Å²) in [6.45, 7) is 4.54. The second-order valence-corrected chi connectivity index (χ2v) is 6.64. The summed E-state index contributed by atoms with van der Waals surface area (Å²) >= 11 is 0. The first kappa shape index (κ1) is 15.0. The number of fused-ring (bicyclic) bond motifs is 1. The van der Waals surface area contributed by atoms with Gasteiger partial charge in [0.15, 0.2) is 0 Å². The highest BCUT2D eigenvalue weighted by atomic mass is 16.1. The number of carbonyl (C=O) groups excluding carboxylic acids is 1. The lowest BCUT2D eigenvalue weighted by Crippen LogP contribution is -2.24. The molecule has 5 heteroatoms. The average molecular weight is 322 g/mol. The molecule has 0 unspecified atom stereocenters. The van der Waals surface area contributed by atoms with E-state index in [9.17, 15) is 4.79 Å². The second-order valence-electron chi connectivity index (χ2n) is 6.64. The molecule has 0 aliphatic heterocycles. The van der Waals surface area contributed by atoms with Crippen LogP contribution in [-0.2, 0) is 13.6 Å². The topological polar surface area (TPSA) is 51.9 Å². The van der Waals surface area contributed by atoms with Crippen molar-refractivity contribution < 1.29 is 4.79 Å². The molecular formula is C19H22N4O. The van der Waals surface area contributed by atoms with Crippen LogP contribution in [0, 0.1) is 13.8 Å². The monoisotopic (exact) mass is 322 g/mol. The van der Waals surface area contributed by atoms with Gasteiger partial charge in [-0.15, -0.1) is 0 Å². The Morgan fingerprint density at radius 3 is 2.75 bits per heavy atom. The Morgan fingerprint density at radius 2 is 2.04 bits per heavy atom. The van der Waals surface area contributed by atoms with E-state index in [1.807, 2.05) is 48.9 Å². The van der Waals surface area contributed by atoms with E-state index in [1.54, 1.807) is 0 Å². The van der Waals surface area contributed by atoms with Gasteiger partial charge in [0.2, 0.25) is 0 Å². The summed E-state index contributed by atoms with van der Waals surface area (Å²) in [5, 5.41) is 3.02. The summed E-state index contributed by atoms with van der Waals surface area (Å²) in [4.78, 5) is 17.2. The van der Waals surface area contributed by atoms with Gasteiger partial charge in [-0.1, -0.05) is 12.1 Å². The maximum absolute atomic E-state index is 12.6. The lowest BCUT2D eigenvalue weighted by molar-refractivity contribution is 0.0949. The van der Waals surface area contributed by atoms with E-state index < -0.39 is 0 Å². The number of aromatic nitrogens is 3. The third-order valence-corrected chi connectivity index (χ3v) is 4.93. The number of nitrogens with zero attached hydrogens (tertiary/aromatic N) is 3. The molecular weight excluding hydrogens is 300 g/mol. The Balaban J connectivity index is 1.54. The van der Waals surface area contributed by atoms with Crippen LogP contribution in [0.25, 0.3) is 11.0 Å². The van der Waals surface area contributed by atoms with E-state index in [0.717, 1.165) is 28.1 Å². The Bertz CT molecular complexity index is 930. The smallest absolute Gasteiger partial charge is 0.253 e. The van der Waals surface area contributed by atoms with Crippen LogP contribution in [0.1, 0.15) is 46.5 Å². The molecule has 4 rings (SSSR count). The SMILES string of the molecule is Cc1cc(C(=O)NCc2nc3ccccc3n2C)c(C)n1C1CC1. The van der Waals surface area contributed by atoms with Crippen LogP contribution in [-0.4, -0.2) is 20.0 Å². The first-order chi connectivity index (χ1) is 11.6. The van der Waals surface area contributed by atoms with Crippen LogP contribution in [0.15, 0.2) is 30.3 Å². The maximum Gasteiger partial charge on any atom is 0.253 e. The number of rotatable bonds is 4. The highest BCUT2D eigenvalue weighted by Gasteiger charge is 2.28. The van der Waals surface area contributed by atoms with Gasteiger partial charge in [-0.3, -0.25) is 4.79 Å². The first-order valence-electron chi connectivity index (χ1n) is 8.43. The molecule has 0 bridgehead atoms. The minimum absolute atomic E-state index is 0.0259.